The van der Waals surface area contributed by atoms with Crippen LogP contribution in [0.5, 0.6) is 0 Å². The lowest BCUT2D eigenvalue weighted by Gasteiger charge is -2.33. The average molecular weight is 356 g/mol. The number of anilines is 2. The standard InChI is InChI=1S/C18H24N6O2/c1-23-5-7-24(8-6-23)14-2-3-16(19-10-14)21-18(25)15-11-20-22-17(15)13-4-9-26-12-13/h2-3,10-11,13H,4-9,12H2,1H3,(H,20,22)(H,19,21,25). The molecule has 0 radical (unpaired) electrons. The van der Waals surface area contributed by atoms with Crippen LogP contribution < -0.4 is 10.2 Å². The van der Waals surface area contributed by atoms with Crippen molar-refractivity contribution in [3.63, 3.8) is 0 Å². The maximum atomic E-state index is 12.6. The van der Waals surface area contributed by atoms with Crippen molar-refractivity contribution in [3.05, 3.63) is 35.8 Å². The van der Waals surface area contributed by atoms with Gasteiger partial charge in [-0.2, -0.15) is 5.10 Å². The largest absolute Gasteiger partial charge is 0.381 e. The monoisotopic (exact) mass is 356 g/mol. The minimum atomic E-state index is -0.194. The number of pyridine rings is 1. The first kappa shape index (κ1) is 17.0. The summed E-state index contributed by atoms with van der Waals surface area (Å²) in [5, 5.41) is 9.85. The van der Waals surface area contributed by atoms with E-state index < -0.39 is 0 Å². The lowest BCUT2D eigenvalue weighted by atomic mass is 10.0. The third-order valence-electron chi connectivity index (χ3n) is 5.11. The molecule has 0 spiro atoms. The molecule has 1 atom stereocenters. The molecular formula is C18H24N6O2. The molecule has 2 aromatic rings. The van der Waals surface area contributed by atoms with Crippen LogP contribution in [0.25, 0.3) is 0 Å². The second kappa shape index (κ2) is 7.43. The van der Waals surface area contributed by atoms with Gasteiger partial charge in [0, 0.05) is 38.7 Å². The van der Waals surface area contributed by atoms with E-state index in [1.54, 1.807) is 6.20 Å². The topological polar surface area (TPSA) is 86.4 Å². The number of aromatic nitrogens is 3. The maximum Gasteiger partial charge on any atom is 0.260 e. The first-order valence-corrected chi connectivity index (χ1v) is 9.02. The van der Waals surface area contributed by atoms with Crippen LogP contribution in [-0.4, -0.2) is 72.4 Å². The number of carbonyl (C=O) groups is 1. The number of nitrogens with zero attached hydrogens (tertiary/aromatic N) is 4. The van der Waals surface area contributed by atoms with E-state index in [4.69, 9.17) is 4.74 Å². The zero-order valence-corrected chi connectivity index (χ0v) is 14.9. The Morgan fingerprint density at radius 2 is 2.12 bits per heavy atom. The fourth-order valence-corrected chi connectivity index (χ4v) is 3.45. The molecule has 26 heavy (non-hydrogen) atoms. The van der Waals surface area contributed by atoms with Crippen LogP contribution in [-0.2, 0) is 4.74 Å². The van der Waals surface area contributed by atoms with E-state index in [0.29, 0.717) is 18.0 Å². The molecule has 2 saturated heterocycles. The molecule has 2 fully saturated rings. The zero-order valence-electron chi connectivity index (χ0n) is 14.9. The molecule has 138 valence electrons. The molecular weight excluding hydrogens is 332 g/mol. The summed E-state index contributed by atoms with van der Waals surface area (Å²) >= 11 is 0. The molecule has 0 saturated carbocycles. The second-order valence-electron chi connectivity index (χ2n) is 6.90. The minimum absolute atomic E-state index is 0.194. The summed E-state index contributed by atoms with van der Waals surface area (Å²) in [7, 11) is 2.13. The van der Waals surface area contributed by atoms with E-state index in [9.17, 15) is 4.79 Å². The maximum absolute atomic E-state index is 12.6. The van der Waals surface area contributed by atoms with Crippen LogP contribution in [0.15, 0.2) is 24.5 Å². The summed E-state index contributed by atoms with van der Waals surface area (Å²) in [6, 6.07) is 3.86. The number of ether oxygens (including phenoxy) is 1. The molecule has 1 unspecified atom stereocenters. The van der Waals surface area contributed by atoms with Gasteiger partial charge in [0.15, 0.2) is 0 Å². The Morgan fingerprint density at radius 3 is 2.81 bits per heavy atom. The van der Waals surface area contributed by atoms with Gasteiger partial charge in [-0.05, 0) is 25.6 Å². The quantitative estimate of drug-likeness (QED) is 0.859. The third kappa shape index (κ3) is 3.56. The molecule has 2 aliphatic heterocycles. The Hall–Kier alpha value is -2.45. The number of aromatic amines is 1. The Balaban J connectivity index is 1.41. The highest BCUT2D eigenvalue weighted by atomic mass is 16.5. The van der Waals surface area contributed by atoms with Gasteiger partial charge in [-0.15, -0.1) is 0 Å². The van der Waals surface area contributed by atoms with E-state index in [1.807, 2.05) is 18.3 Å². The zero-order chi connectivity index (χ0) is 17.9. The Morgan fingerprint density at radius 1 is 1.27 bits per heavy atom. The summed E-state index contributed by atoms with van der Waals surface area (Å²) in [5.41, 5.74) is 2.49. The molecule has 2 aliphatic rings. The number of hydrogen-bond donors (Lipinski definition) is 2. The second-order valence-corrected chi connectivity index (χ2v) is 6.90. The predicted octanol–water partition coefficient (Wildman–Crippen LogP) is 1.31. The number of piperazine rings is 1. The smallest absolute Gasteiger partial charge is 0.260 e. The SMILES string of the molecule is CN1CCN(c2ccc(NC(=O)c3cn[nH]c3C3CCOC3)nc2)CC1. The van der Waals surface area contributed by atoms with Gasteiger partial charge in [0.2, 0.25) is 0 Å². The van der Waals surface area contributed by atoms with E-state index in [0.717, 1.165) is 50.6 Å². The first-order chi connectivity index (χ1) is 12.7. The van der Waals surface area contributed by atoms with E-state index >= 15 is 0 Å². The van der Waals surface area contributed by atoms with Crippen molar-refractivity contribution in [3.8, 4) is 0 Å². The van der Waals surface area contributed by atoms with Gasteiger partial charge in [-0.1, -0.05) is 0 Å². The number of likely N-dealkylation sites (N-methyl/N-ethyl adjacent to an activating group) is 1. The molecule has 0 aliphatic carbocycles. The fraction of sp³-hybridized carbons (Fsp3) is 0.500. The van der Waals surface area contributed by atoms with Crippen LogP contribution in [0.2, 0.25) is 0 Å². The molecule has 0 aromatic carbocycles. The molecule has 8 nitrogen and oxygen atoms in total. The predicted molar refractivity (Wildman–Crippen MR) is 98.7 cm³/mol. The van der Waals surface area contributed by atoms with Crippen LogP contribution >= 0.6 is 0 Å². The summed E-state index contributed by atoms with van der Waals surface area (Å²) in [4.78, 5) is 21.6. The third-order valence-corrected chi connectivity index (χ3v) is 5.11. The van der Waals surface area contributed by atoms with Gasteiger partial charge in [0.1, 0.15) is 5.82 Å². The Kier molecular flexibility index (Phi) is 4.85. The lowest BCUT2D eigenvalue weighted by molar-refractivity contribution is 0.102. The summed E-state index contributed by atoms with van der Waals surface area (Å²) in [6.07, 6.45) is 4.30. The van der Waals surface area contributed by atoms with Crippen molar-refractivity contribution in [2.75, 3.05) is 56.7 Å². The number of hydrogen-bond acceptors (Lipinski definition) is 6. The van der Waals surface area contributed by atoms with E-state index in [-0.39, 0.29) is 11.8 Å². The van der Waals surface area contributed by atoms with Gasteiger partial charge in [-0.25, -0.2) is 4.98 Å². The van der Waals surface area contributed by atoms with Crippen molar-refractivity contribution in [1.29, 1.82) is 0 Å². The van der Waals surface area contributed by atoms with Gasteiger partial charge in [-0.3, -0.25) is 9.89 Å². The van der Waals surface area contributed by atoms with Crippen molar-refractivity contribution < 1.29 is 9.53 Å². The fourth-order valence-electron chi connectivity index (χ4n) is 3.45. The van der Waals surface area contributed by atoms with Crippen LogP contribution in [0.4, 0.5) is 11.5 Å². The molecule has 2 aromatic heterocycles. The van der Waals surface area contributed by atoms with E-state index in [1.165, 1.54) is 0 Å². The highest BCUT2D eigenvalue weighted by Crippen LogP contribution is 2.26. The Labute approximate surface area is 152 Å². The molecule has 2 N–H and O–H groups in total. The number of carbonyl (C=O) groups excluding carboxylic acids is 1. The van der Waals surface area contributed by atoms with Gasteiger partial charge in [0.05, 0.1) is 35.9 Å². The number of nitrogens with one attached hydrogen (secondary N) is 2. The lowest BCUT2D eigenvalue weighted by Crippen LogP contribution is -2.44. The Bertz CT molecular complexity index is 745. The van der Waals surface area contributed by atoms with Crippen LogP contribution in [0.3, 0.4) is 0 Å². The number of amides is 1. The minimum Gasteiger partial charge on any atom is -0.381 e. The number of rotatable bonds is 4. The number of H-pyrrole nitrogens is 1. The van der Waals surface area contributed by atoms with Gasteiger partial charge < -0.3 is 19.9 Å². The first-order valence-electron chi connectivity index (χ1n) is 9.02. The average Bonchev–Trinajstić information content (AvgIpc) is 3.34. The molecule has 0 bridgehead atoms. The van der Waals surface area contributed by atoms with Crippen molar-refractivity contribution in [1.82, 2.24) is 20.1 Å². The van der Waals surface area contributed by atoms with Crippen LogP contribution in [0.1, 0.15) is 28.4 Å². The highest BCUT2D eigenvalue weighted by Gasteiger charge is 2.25. The summed E-state index contributed by atoms with van der Waals surface area (Å²) in [6.45, 7) is 5.43. The summed E-state index contributed by atoms with van der Waals surface area (Å²) in [5.74, 6) is 0.550. The van der Waals surface area contributed by atoms with Crippen molar-refractivity contribution in [2.24, 2.45) is 0 Å². The van der Waals surface area contributed by atoms with Crippen LogP contribution in [0, 0.1) is 0 Å². The molecule has 4 rings (SSSR count). The molecule has 4 heterocycles. The van der Waals surface area contributed by atoms with Gasteiger partial charge in [0.25, 0.3) is 5.91 Å². The van der Waals surface area contributed by atoms with Crippen molar-refractivity contribution in [2.45, 2.75) is 12.3 Å². The molecule has 8 heteroatoms. The van der Waals surface area contributed by atoms with Crippen molar-refractivity contribution >= 4 is 17.4 Å². The normalized spacial score (nSPS) is 21.1. The summed E-state index contributed by atoms with van der Waals surface area (Å²) < 4.78 is 5.41. The molecule has 1 amide bonds. The van der Waals surface area contributed by atoms with E-state index in [2.05, 4.69) is 37.3 Å². The highest BCUT2D eigenvalue weighted by molar-refractivity contribution is 6.04. The van der Waals surface area contributed by atoms with Gasteiger partial charge >= 0.3 is 0 Å².